The molecule has 0 saturated carbocycles. The number of nitrogens with zero attached hydrogens (tertiary/aromatic N) is 1. The van der Waals surface area contributed by atoms with E-state index >= 15 is 0 Å². The van der Waals surface area contributed by atoms with Gasteiger partial charge < -0.3 is 5.73 Å². The molecule has 0 unspecified atom stereocenters. The Labute approximate surface area is 82.1 Å². The second-order valence-corrected chi connectivity index (χ2v) is 4.34. The number of hydrogen-bond acceptors (Lipinski definition) is 3. The lowest BCUT2D eigenvalue weighted by Crippen LogP contribution is -2.38. The quantitative estimate of drug-likeness (QED) is 0.505. The van der Waals surface area contributed by atoms with Gasteiger partial charge in [-0.15, -0.1) is 0 Å². The first-order chi connectivity index (χ1) is 5.84. The highest BCUT2D eigenvalue weighted by atomic mass is 32.1. The Morgan fingerprint density at radius 1 is 1.62 bits per heavy atom. The Bertz CT molecular complexity index is 286. The maximum absolute atomic E-state index is 11.6. The number of carbonyl (C=O) groups is 2. The fraction of sp³-hybridized carbons (Fsp3) is 0.625. The minimum absolute atomic E-state index is 0.0659. The molecule has 1 fully saturated rings. The zero-order chi connectivity index (χ0) is 10.2. The fourth-order valence-electron chi connectivity index (χ4n) is 1.34. The zero-order valence-electron chi connectivity index (χ0n) is 7.66. The highest BCUT2D eigenvalue weighted by Gasteiger charge is 2.44. The molecule has 1 aliphatic heterocycles. The van der Waals surface area contributed by atoms with Crippen LogP contribution in [0.2, 0.25) is 0 Å². The number of thiocarbonyl (C=S) groups is 1. The number of hydrogen-bond donors (Lipinski definition) is 1. The molecule has 0 aromatic carbocycles. The lowest BCUT2D eigenvalue weighted by molar-refractivity contribution is -0.139. The van der Waals surface area contributed by atoms with Gasteiger partial charge in [-0.1, -0.05) is 26.1 Å². The van der Waals surface area contributed by atoms with E-state index in [1.165, 1.54) is 0 Å². The second kappa shape index (κ2) is 3.06. The van der Waals surface area contributed by atoms with Gasteiger partial charge >= 0.3 is 0 Å². The fourth-order valence-corrected chi connectivity index (χ4v) is 1.47. The first-order valence-electron chi connectivity index (χ1n) is 3.98. The van der Waals surface area contributed by atoms with Crippen LogP contribution in [0.15, 0.2) is 0 Å². The molecule has 13 heavy (non-hydrogen) atoms. The predicted octanol–water partition coefficient (Wildman–Crippen LogP) is 0.0576. The molecule has 0 bridgehead atoms. The summed E-state index contributed by atoms with van der Waals surface area (Å²) in [5.41, 5.74) is 4.68. The van der Waals surface area contributed by atoms with Crippen LogP contribution in [-0.2, 0) is 9.59 Å². The van der Waals surface area contributed by atoms with Gasteiger partial charge in [0.1, 0.15) is 0 Å². The monoisotopic (exact) mass is 200 g/mol. The first-order valence-corrected chi connectivity index (χ1v) is 4.38. The van der Waals surface area contributed by atoms with Gasteiger partial charge in [0.15, 0.2) is 0 Å². The van der Waals surface area contributed by atoms with Crippen molar-refractivity contribution < 1.29 is 9.59 Å². The third-order valence-electron chi connectivity index (χ3n) is 2.03. The lowest BCUT2D eigenvalue weighted by atomic mass is 9.92. The van der Waals surface area contributed by atoms with E-state index in [-0.39, 0.29) is 29.8 Å². The van der Waals surface area contributed by atoms with Crippen LogP contribution in [0.4, 0.5) is 0 Å². The summed E-state index contributed by atoms with van der Waals surface area (Å²) < 4.78 is 0. The van der Waals surface area contributed by atoms with E-state index in [9.17, 15) is 9.59 Å². The summed E-state index contributed by atoms with van der Waals surface area (Å²) in [6, 6.07) is 0. The number of likely N-dealkylation sites (tertiary alicyclic amines) is 1. The van der Waals surface area contributed by atoms with E-state index in [1.807, 2.05) is 0 Å². The van der Waals surface area contributed by atoms with Crippen molar-refractivity contribution >= 4 is 29.0 Å². The topological polar surface area (TPSA) is 63.4 Å². The van der Waals surface area contributed by atoms with Gasteiger partial charge in [-0.3, -0.25) is 14.5 Å². The van der Waals surface area contributed by atoms with Gasteiger partial charge in [-0.05, 0) is 0 Å². The number of rotatable bonds is 2. The van der Waals surface area contributed by atoms with E-state index in [0.29, 0.717) is 0 Å². The van der Waals surface area contributed by atoms with Crippen LogP contribution in [-0.4, -0.2) is 28.2 Å². The number of nitrogens with two attached hydrogens (primary N) is 1. The molecule has 5 heteroatoms. The van der Waals surface area contributed by atoms with Crippen LogP contribution < -0.4 is 5.73 Å². The molecule has 4 nitrogen and oxygen atoms in total. The average molecular weight is 200 g/mol. The molecule has 72 valence electrons. The molecule has 0 aromatic rings. The van der Waals surface area contributed by atoms with Gasteiger partial charge in [-0.25, -0.2) is 0 Å². The van der Waals surface area contributed by atoms with Crippen LogP contribution in [0.5, 0.6) is 0 Å². The van der Waals surface area contributed by atoms with Gasteiger partial charge in [0, 0.05) is 6.42 Å². The Morgan fingerprint density at radius 3 is 2.46 bits per heavy atom. The summed E-state index contributed by atoms with van der Waals surface area (Å²) in [6.07, 6.45) is 0.244. The second-order valence-electron chi connectivity index (χ2n) is 3.81. The van der Waals surface area contributed by atoms with Gasteiger partial charge in [0.05, 0.1) is 16.9 Å². The van der Waals surface area contributed by atoms with Crippen molar-refractivity contribution in [2.24, 2.45) is 11.1 Å². The molecule has 0 spiro atoms. The molecular formula is C8H12N2O2S. The maximum Gasteiger partial charge on any atom is 0.235 e. The molecule has 2 amide bonds. The van der Waals surface area contributed by atoms with Crippen molar-refractivity contribution in [2.45, 2.75) is 20.3 Å². The van der Waals surface area contributed by atoms with Crippen molar-refractivity contribution in [1.29, 1.82) is 0 Å². The van der Waals surface area contributed by atoms with Crippen LogP contribution in [0, 0.1) is 5.41 Å². The number of amides is 2. The summed E-state index contributed by atoms with van der Waals surface area (Å²) in [4.78, 5) is 24.2. The van der Waals surface area contributed by atoms with E-state index in [1.54, 1.807) is 13.8 Å². The van der Waals surface area contributed by atoms with Gasteiger partial charge in [-0.2, -0.15) is 0 Å². The first kappa shape index (κ1) is 10.1. The number of carbonyl (C=O) groups excluding carboxylic acids is 2. The maximum atomic E-state index is 11.6. The third-order valence-corrected chi connectivity index (χ3v) is 2.16. The molecule has 0 aromatic heterocycles. The zero-order valence-corrected chi connectivity index (χ0v) is 8.48. The highest BCUT2D eigenvalue weighted by Crippen LogP contribution is 2.31. The highest BCUT2D eigenvalue weighted by molar-refractivity contribution is 7.80. The molecule has 1 aliphatic rings. The molecule has 0 aliphatic carbocycles. The SMILES string of the molecule is CC1(C)CC(=O)N(CC(N)=S)C1=O. The largest absolute Gasteiger partial charge is 0.392 e. The smallest absolute Gasteiger partial charge is 0.235 e. The summed E-state index contributed by atoms with van der Waals surface area (Å²) in [5.74, 6) is -0.381. The Morgan fingerprint density at radius 2 is 2.15 bits per heavy atom. The van der Waals surface area contributed by atoms with Crippen molar-refractivity contribution in [1.82, 2.24) is 4.90 Å². The molecule has 2 N–H and O–H groups in total. The van der Waals surface area contributed by atoms with Crippen LogP contribution in [0.3, 0.4) is 0 Å². The van der Waals surface area contributed by atoms with Gasteiger partial charge in [0.25, 0.3) is 0 Å². The summed E-state index contributed by atoms with van der Waals surface area (Å²) in [6.45, 7) is 3.55. The number of imide groups is 1. The Kier molecular flexibility index (Phi) is 2.38. The van der Waals surface area contributed by atoms with E-state index < -0.39 is 5.41 Å². The summed E-state index contributed by atoms with van der Waals surface area (Å²) in [7, 11) is 0. The lowest BCUT2D eigenvalue weighted by Gasteiger charge is -2.16. The third kappa shape index (κ3) is 1.85. The molecule has 1 heterocycles. The predicted molar refractivity (Wildman–Crippen MR) is 51.9 cm³/mol. The standard InChI is InChI=1S/C8H12N2O2S/c1-8(2)3-6(11)10(7(8)12)4-5(9)13/h3-4H2,1-2H3,(H2,9,13). The molecular weight excluding hydrogens is 188 g/mol. The Hall–Kier alpha value is -0.970. The van der Waals surface area contributed by atoms with Crippen molar-refractivity contribution in [3.05, 3.63) is 0 Å². The van der Waals surface area contributed by atoms with E-state index in [0.717, 1.165) is 4.90 Å². The van der Waals surface area contributed by atoms with E-state index in [2.05, 4.69) is 12.2 Å². The summed E-state index contributed by atoms with van der Waals surface area (Å²) >= 11 is 4.64. The van der Waals surface area contributed by atoms with Crippen LogP contribution >= 0.6 is 12.2 Å². The molecule has 0 radical (unpaired) electrons. The van der Waals surface area contributed by atoms with E-state index in [4.69, 9.17) is 5.73 Å². The minimum Gasteiger partial charge on any atom is -0.392 e. The molecule has 0 atom stereocenters. The van der Waals surface area contributed by atoms with Gasteiger partial charge in [0.2, 0.25) is 11.8 Å². The average Bonchev–Trinajstić information content (AvgIpc) is 2.12. The molecule has 1 saturated heterocycles. The summed E-state index contributed by atoms with van der Waals surface area (Å²) in [5, 5.41) is 0. The van der Waals surface area contributed by atoms with Crippen molar-refractivity contribution in [2.75, 3.05) is 6.54 Å². The van der Waals surface area contributed by atoms with Crippen LogP contribution in [0.25, 0.3) is 0 Å². The van der Waals surface area contributed by atoms with Crippen molar-refractivity contribution in [3.63, 3.8) is 0 Å². The minimum atomic E-state index is -0.595. The normalized spacial score (nSPS) is 20.9. The Balaban J connectivity index is 2.83. The molecule has 1 rings (SSSR count). The van der Waals surface area contributed by atoms with Crippen molar-refractivity contribution in [3.8, 4) is 0 Å². The van der Waals surface area contributed by atoms with Crippen LogP contribution in [0.1, 0.15) is 20.3 Å².